The van der Waals surface area contributed by atoms with Crippen LogP contribution in [0.4, 0.5) is 0 Å². The molecule has 2 aromatic carbocycles. The lowest BCUT2D eigenvalue weighted by atomic mass is 10.0. The summed E-state index contributed by atoms with van der Waals surface area (Å²) in [5.74, 6) is 0.919. The SMILES string of the molecule is COc1ccc(Cn2nnnc2S[C@H](C)C(=O)c2ccc3c(c2)CCC3)cc1. The monoisotopic (exact) mass is 394 g/mol. The highest BCUT2D eigenvalue weighted by atomic mass is 32.2. The fraction of sp³-hybridized carbons (Fsp3) is 0.333. The zero-order valence-corrected chi connectivity index (χ0v) is 16.8. The Morgan fingerprint density at radius 3 is 2.75 bits per heavy atom. The lowest BCUT2D eigenvalue weighted by Crippen LogP contribution is -2.15. The molecule has 0 spiro atoms. The molecule has 0 fully saturated rings. The molecule has 1 atom stereocenters. The van der Waals surface area contributed by atoms with Crippen LogP contribution in [0.2, 0.25) is 0 Å². The number of rotatable bonds is 7. The number of hydrogen-bond donors (Lipinski definition) is 0. The third-order valence-corrected chi connectivity index (χ3v) is 6.10. The molecule has 0 radical (unpaired) electrons. The molecule has 1 aliphatic rings. The molecule has 0 amide bonds. The van der Waals surface area contributed by atoms with Gasteiger partial charge < -0.3 is 4.74 Å². The summed E-state index contributed by atoms with van der Waals surface area (Å²) in [5, 5.41) is 12.4. The van der Waals surface area contributed by atoms with Crippen molar-refractivity contribution in [3.63, 3.8) is 0 Å². The zero-order valence-electron chi connectivity index (χ0n) is 16.0. The fourth-order valence-electron chi connectivity index (χ4n) is 3.46. The second-order valence-electron chi connectivity index (χ2n) is 6.93. The number of fused-ring (bicyclic) bond motifs is 1. The first-order chi connectivity index (χ1) is 13.6. The highest BCUT2D eigenvalue weighted by molar-refractivity contribution is 8.00. The van der Waals surface area contributed by atoms with Gasteiger partial charge in [0.05, 0.1) is 18.9 Å². The van der Waals surface area contributed by atoms with Crippen molar-refractivity contribution < 1.29 is 9.53 Å². The molecular weight excluding hydrogens is 372 g/mol. The number of carbonyl (C=O) groups excluding carboxylic acids is 1. The molecule has 0 aliphatic heterocycles. The standard InChI is InChI=1S/C21H22N4O2S/c1-14(20(26)18-9-8-16-4-3-5-17(16)12-18)28-21-22-23-24-25(21)13-15-6-10-19(27-2)11-7-15/h6-12,14H,3-5,13H2,1-2H3/t14-/m1/s1. The van der Waals surface area contributed by atoms with Crippen molar-refractivity contribution in [2.45, 2.75) is 43.1 Å². The minimum absolute atomic E-state index is 0.110. The molecule has 0 N–H and O–H groups in total. The Labute approximate surface area is 168 Å². The molecule has 7 heteroatoms. The van der Waals surface area contributed by atoms with Gasteiger partial charge in [0.15, 0.2) is 5.78 Å². The Kier molecular flexibility index (Phi) is 5.43. The van der Waals surface area contributed by atoms with Crippen LogP contribution in [0.15, 0.2) is 47.6 Å². The third kappa shape index (κ3) is 3.94. The maximum absolute atomic E-state index is 12.9. The highest BCUT2D eigenvalue weighted by Gasteiger charge is 2.22. The van der Waals surface area contributed by atoms with E-state index >= 15 is 0 Å². The number of benzene rings is 2. The first kappa shape index (κ1) is 18.7. The lowest BCUT2D eigenvalue weighted by Gasteiger charge is -2.11. The lowest BCUT2D eigenvalue weighted by molar-refractivity contribution is 0.0993. The number of methoxy groups -OCH3 is 1. The van der Waals surface area contributed by atoms with Crippen molar-refractivity contribution in [1.29, 1.82) is 0 Å². The van der Waals surface area contributed by atoms with E-state index in [1.165, 1.54) is 29.3 Å². The van der Waals surface area contributed by atoms with Crippen LogP contribution in [0, 0.1) is 0 Å². The quantitative estimate of drug-likeness (QED) is 0.451. The Hall–Kier alpha value is -2.67. The van der Waals surface area contributed by atoms with Gasteiger partial charge in [0.1, 0.15) is 5.75 Å². The third-order valence-electron chi connectivity index (χ3n) is 5.02. The van der Waals surface area contributed by atoms with Crippen LogP contribution >= 0.6 is 11.8 Å². The number of tetrazole rings is 1. The smallest absolute Gasteiger partial charge is 0.210 e. The van der Waals surface area contributed by atoms with E-state index in [0.717, 1.165) is 29.7 Å². The first-order valence-electron chi connectivity index (χ1n) is 9.36. The highest BCUT2D eigenvalue weighted by Crippen LogP contribution is 2.27. The van der Waals surface area contributed by atoms with Crippen LogP contribution in [0.3, 0.4) is 0 Å². The van der Waals surface area contributed by atoms with Gasteiger partial charge in [-0.25, -0.2) is 4.68 Å². The molecule has 6 nitrogen and oxygen atoms in total. The molecular formula is C21H22N4O2S. The number of ether oxygens (including phenoxy) is 1. The minimum Gasteiger partial charge on any atom is -0.497 e. The summed E-state index contributed by atoms with van der Waals surface area (Å²) in [7, 11) is 1.64. The summed E-state index contributed by atoms with van der Waals surface area (Å²) < 4.78 is 6.91. The first-order valence-corrected chi connectivity index (χ1v) is 10.2. The second kappa shape index (κ2) is 8.14. The van der Waals surface area contributed by atoms with E-state index in [4.69, 9.17) is 4.74 Å². The van der Waals surface area contributed by atoms with Crippen molar-refractivity contribution in [2.75, 3.05) is 7.11 Å². The van der Waals surface area contributed by atoms with Gasteiger partial charge in [-0.05, 0) is 71.5 Å². The van der Waals surface area contributed by atoms with Gasteiger partial charge in [-0.3, -0.25) is 4.79 Å². The largest absolute Gasteiger partial charge is 0.497 e. The minimum atomic E-state index is -0.264. The van der Waals surface area contributed by atoms with Crippen LogP contribution < -0.4 is 4.74 Å². The van der Waals surface area contributed by atoms with E-state index in [9.17, 15) is 4.79 Å². The van der Waals surface area contributed by atoms with Crippen LogP contribution in [-0.4, -0.2) is 38.4 Å². The maximum Gasteiger partial charge on any atom is 0.210 e. The molecule has 3 aromatic rings. The summed E-state index contributed by atoms with van der Waals surface area (Å²) in [6.07, 6.45) is 3.36. The van der Waals surface area contributed by atoms with Crippen molar-refractivity contribution >= 4 is 17.5 Å². The van der Waals surface area contributed by atoms with Gasteiger partial charge in [0, 0.05) is 5.56 Å². The van der Waals surface area contributed by atoms with E-state index in [-0.39, 0.29) is 11.0 Å². The summed E-state index contributed by atoms with van der Waals surface area (Å²) in [4.78, 5) is 12.9. The summed E-state index contributed by atoms with van der Waals surface area (Å²) >= 11 is 1.39. The predicted octanol–water partition coefficient (Wildman–Crippen LogP) is 3.58. The van der Waals surface area contributed by atoms with Crippen LogP contribution in [0.25, 0.3) is 0 Å². The van der Waals surface area contributed by atoms with E-state index in [2.05, 4.69) is 27.7 Å². The number of aryl methyl sites for hydroxylation is 2. The fourth-order valence-corrected chi connectivity index (χ4v) is 4.32. The predicted molar refractivity (Wildman–Crippen MR) is 108 cm³/mol. The van der Waals surface area contributed by atoms with E-state index in [1.807, 2.05) is 37.3 Å². The number of ketones is 1. The van der Waals surface area contributed by atoms with Gasteiger partial charge in [-0.1, -0.05) is 36.0 Å². The molecule has 144 valence electrons. The zero-order chi connectivity index (χ0) is 19.5. The van der Waals surface area contributed by atoms with Crippen LogP contribution in [0.1, 0.15) is 40.4 Å². The number of aromatic nitrogens is 4. The Morgan fingerprint density at radius 1 is 1.18 bits per heavy atom. The number of carbonyl (C=O) groups is 1. The van der Waals surface area contributed by atoms with Crippen molar-refractivity contribution in [3.8, 4) is 5.75 Å². The van der Waals surface area contributed by atoms with Crippen molar-refractivity contribution in [2.24, 2.45) is 0 Å². The van der Waals surface area contributed by atoms with E-state index in [1.54, 1.807) is 11.8 Å². The second-order valence-corrected chi connectivity index (χ2v) is 8.24. The summed E-state index contributed by atoms with van der Waals surface area (Å²) in [6.45, 7) is 2.45. The number of thioether (sulfide) groups is 1. The van der Waals surface area contributed by atoms with Crippen LogP contribution in [0.5, 0.6) is 5.75 Å². The van der Waals surface area contributed by atoms with Crippen molar-refractivity contribution in [3.05, 3.63) is 64.7 Å². The molecule has 0 saturated heterocycles. The Morgan fingerprint density at radius 2 is 1.96 bits per heavy atom. The van der Waals surface area contributed by atoms with Crippen molar-refractivity contribution in [1.82, 2.24) is 20.2 Å². The summed E-state index contributed by atoms with van der Waals surface area (Å²) in [6, 6.07) is 13.9. The molecule has 1 heterocycles. The molecule has 0 unspecified atom stereocenters. The molecule has 0 saturated carbocycles. The molecule has 0 bridgehead atoms. The van der Waals surface area contributed by atoms with Gasteiger partial charge in [-0.2, -0.15) is 0 Å². The average Bonchev–Trinajstić information content (AvgIpc) is 3.36. The Balaban J connectivity index is 1.45. The maximum atomic E-state index is 12.9. The van der Waals surface area contributed by atoms with E-state index < -0.39 is 0 Å². The van der Waals surface area contributed by atoms with E-state index in [0.29, 0.717) is 11.7 Å². The molecule has 1 aliphatic carbocycles. The van der Waals surface area contributed by atoms with Gasteiger partial charge in [0.2, 0.25) is 5.16 Å². The number of nitrogens with zero attached hydrogens (tertiary/aromatic N) is 4. The molecule has 28 heavy (non-hydrogen) atoms. The number of hydrogen-bond acceptors (Lipinski definition) is 6. The topological polar surface area (TPSA) is 69.9 Å². The molecule has 4 rings (SSSR count). The average molecular weight is 395 g/mol. The number of Topliss-reactive ketones (excluding diaryl/α,β-unsaturated/α-hetero) is 1. The normalized spacial score (nSPS) is 13.9. The van der Waals surface area contributed by atoms with Crippen LogP contribution in [-0.2, 0) is 19.4 Å². The van der Waals surface area contributed by atoms with Gasteiger partial charge in [0.25, 0.3) is 0 Å². The Bertz CT molecular complexity index is 984. The summed E-state index contributed by atoms with van der Waals surface area (Å²) in [5.41, 5.74) is 4.52. The van der Waals surface area contributed by atoms with Gasteiger partial charge >= 0.3 is 0 Å². The van der Waals surface area contributed by atoms with Gasteiger partial charge in [-0.15, -0.1) is 5.10 Å². The molecule has 1 aromatic heterocycles.